The van der Waals surface area contributed by atoms with Crippen LogP contribution in [0.2, 0.25) is 0 Å². The van der Waals surface area contributed by atoms with E-state index in [4.69, 9.17) is 4.74 Å². The average molecular weight is 287 g/mol. The lowest BCUT2D eigenvalue weighted by Crippen LogP contribution is -2.36. The Kier molecular flexibility index (Phi) is 5.05. The van der Waals surface area contributed by atoms with Gasteiger partial charge in [0.25, 0.3) is 0 Å². The third-order valence-electron chi connectivity index (χ3n) is 3.65. The molecule has 2 rings (SSSR count). The van der Waals surface area contributed by atoms with E-state index in [9.17, 15) is 13.2 Å². The zero-order valence-corrected chi connectivity index (χ0v) is 11.7. The van der Waals surface area contributed by atoms with Crippen molar-refractivity contribution in [1.82, 2.24) is 4.90 Å². The predicted octanol–water partition coefficient (Wildman–Crippen LogP) is 3.28. The molecule has 0 atom stereocenters. The largest absolute Gasteiger partial charge is 0.416 e. The lowest BCUT2D eigenvalue weighted by atomic mass is 10.0. The summed E-state index contributed by atoms with van der Waals surface area (Å²) in [6.45, 7) is 5.76. The van der Waals surface area contributed by atoms with Crippen molar-refractivity contribution in [3.8, 4) is 0 Å². The maximum absolute atomic E-state index is 12.8. The van der Waals surface area contributed by atoms with Gasteiger partial charge in [-0.15, -0.1) is 0 Å². The first-order chi connectivity index (χ1) is 9.47. The minimum Gasteiger partial charge on any atom is -0.379 e. The first kappa shape index (κ1) is 15.3. The molecular weight excluding hydrogens is 267 g/mol. The van der Waals surface area contributed by atoms with Gasteiger partial charge in [-0.1, -0.05) is 12.1 Å². The molecular formula is C15H20F3NO. The van der Waals surface area contributed by atoms with Crippen molar-refractivity contribution in [2.75, 3.05) is 32.8 Å². The third kappa shape index (κ3) is 4.21. The molecule has 1 heterocycles. The molecule has 1 fully saturated rings. The normalized spacial score (nSPS) is 17.4. The molecule has 0 amide bonds. The lowest BCUT2D eigenvalue weighted by molar-refractivity contribution is -0.138. The number of halogens is 3. The van der Waals surface area contributed by atoms with Crippen molar-refractivity contribution in [3.63, 3.8) is 0 Å². The second-order valence-corrected chi connectivity index (χ2v) is 5.20. The van der Waals surface area contributed by atoms with Crippen molar-refractivity contribution < 1.29 is 17.9 Å². The first-order valence-electron chi connectivity index (χ1n) is 6.93. The second-order valence-electron chi connectivity index (χ2n) is 5.20. The summed E-state index contributed by atoms with van der Waals surface area (Å²) >= 11 is 0. The molecule has 2 nitrogen and oxygen atoms in total. The molecule has 0 bridgehead atoms. The topological polar surface area (TPSA) is 12.5 Å². The predicted molar refractivity (Wildman–Crippen MR) is 71.8 cm³/mol. The van der Waals surface area contributed by atoms with Crippen molar-refractivity contribution in [2.45, 2.75) is 25.9 Å². The number of morpholine rings is 1. The molecule has 0 spiro atoms. The summed E-state index contributed by atoms with van der Waals surface area (Å²) in [6, 6.07) is 4.64. The van der Waals surface area contributed by atoms with Crippen LogP contribution in [0, 0.1) is 6.92 Å². The highest BCUT2D eigenvalue weighted by Crippen LogP contribution is 2.32. The van der Waals surface area contributed by atoms with E-state index in [0.717, 1.165) is 44.8 Å². The van der Waals surface area contributed by atoms with Crippen LogP contribution >= 0.6 is 0 Å². The van der Waals surface area contributed by atoms with E-state index in [1.54, 1.807) is 12.1 Å². The summed E-state index contributed by atoms with van der Waals surface area (Å²) in [5.74, 6) is 0. The van der Waals surface area contributed by atoms with E-state index >= 15 is 0 Å². The molecule has 0 aromatic heterocycles. The molecule has 1 aliphatic rings. The van der Waals surface area contributed by atoms with Crippen LogP contribution in [0.25, 0.3) is 0 Å². The molecule has 0 N–H and O–H groups in total. The van der Waals surface area contributed by atoms with Crippen molar-refractivity contribution in [1.29, 1.82) is 0 Å². The van der Waals surface area contributed by atoms with Gasteiger partial charge in [0.1, 0.15) is 0 Å². The number of rotatable bonds is 4. The summed E-state index contributed by atoms with van der Waals surface area (Å²) in [5, 5.41) is 0. The Morgan fingerprint density at radius 3 is 2.55 bits per heavy atom. The van der Waals surface area contributed by atoms with Crippen LogP contribution in [0.3, 0.4) is 0 Å². The minimum absolute atomic E-state index is 0.287. The Bertz CT molecular complexity index is 439. The number of aryl methyl sites for hydroxylation is 2. The molecule has 0 aliphatic carbocycles. The first-order valence-corrected chi connectivity index (χ1v) is 6.93. The Balaban J connectivity index is 1.89. The molecule has 1 aromatic rings. The van der Waals surface area contributed by atoms with Crippen LogP contribution in [0.5, 0.6) is 0 Å². The quantitative estimate of drug-likeness (QED) is 0.842. The van der Waals surface area contributed by atoms with Crippen LogP contribution < -0.4 is 0 Å². The van der Waals surface area contributed by atoms with E-state index in [1.165, 1.54) is 13.0 Å². The zero-order chi connectivity index (χ0) is 14.6. The molecule has 20 heavy (non-hydrogen) atoms. The maximum atomic E-state index is 12.8. The van der Waals surface area contributed by atoms with E-state index in [0.29, 0.717) is 6.42 Å². The molecule has 1 aliphatic heterocycles. The summed E-state index contributed by atoms with van der Waals surface area (Å²) < 4.78 is 43.7. The minimum atomic E-state index is -4.26. The smallest absolute Gasteiger partial charge is 0.379 e. The number of nitrogens with zero attached hydrogens (tertiary/aromatic N) is 1. The molecule has 5 heteroatoms. The van der Waals surface area contributed by atoms with Crippen LogP contribution in [-0.4, -0.2) is 37.7 Å². The number of ether oxygens (including phenoxy) is 1. The van der Waals surface area contributed by atoms with Gasteiger partial charge in [-0.3, -0.25) is 4.90 Å². The summed E-state index contributed by atoms with van der Waals surface area (Å²) in [6.07, 6.45) is -2.70. The number of benzene rings is 1. The van der Waals surface area contributed by atoms with Crippen molar-refractivity contribution >= 4 is 0 Å². The molecule has 0 radical (unpaired) electrons. The number of hydrogen-bond donors (Lipinski definition) is 0. The number of alkyl halides is 3. The van der Waals surface area contributed by atoms with Gasteiger partial charge in [-0.2, -0.15) is 13.2 Å². The fourth-order valence-electron chi connectivity index (χ4n) is 2.46. The van der Waals surface area contributed by atoms with Crippen LogP contribution in [0.1, 0.15) is 23.1 Å². The SMILES string of the molecule is Cc1ccc(CCCN2CCOCC2)cc1C(F)(F)F. The standard InChI is InChI=1S/C15H20F3NO/c1-12-4-5-13(11-14(12)15(16,17)18)3-2-6-19-7-9-20-10-8-19/h4-5,11H,2-3,6-10H2,1H3. The van der Waals surface area contributed by atoms with E-state index in [2.05, 4.69) is 4.90 Å². The Morgan fingerprint density at radius 2 is 1.90 bits per heavy atom. The maximum Gasteiger partial charge on any atom is 0.416 e. The Hall–Kier alpha value is -1.07. The summed E-state index contributed by atoms with van der Waals surface area (Å²) in [5.41, 5.74) is 0.534. The molecule has 0 unspecified atom stereocenters. The van der Waals surface area contributed by atoms with E-state index in [-0.39, 0.29) is 5.56 Å². The summed E-state index contributed by atoms with van der Waals surface area (Å²) in [4.78, 5) is 2.29. The van der Waals surface area contributed by atoms with Gasteiger partial charge in [0, 0.05) is 13.1 Å². The van der Waals surface area contributed by atoms with Gasteiger partial charge >= 0.3 is 6.18 Å². The van der Waals surface area contributed by atoms with Gasteiger partial charge in [-0.25, -0.2) is 0 Å². The van der Waals surface area contributed by atoms with Crippen LogP contribution in [-0.2, 0) is 17.3 Å². The Labute approximate surface area is 117 Å². The highest BCUT2D eigenvalue weighted by atomic mass is 19.4. The van der Waals surface area contributed by atoms with Crippen LogP contribution in [0.4, 0.5) is 13.2 Å². The Morgan fingerprint density at radius 1 is 1.20 bits per heavy atom. The highest BCUT2D eigenvalue weighted by Gasteiger charge is 2.32. The van der Waals surface area contributed by atoms with E-state index < -0.39 is 11.7 Å². The number of hydrogen-bond acceptors (Lipinski definition) is 2. The fraction of sp³-hybridized carbons (Fsp3) is 0.600. The van der Waals surface area contributed by atoms with E-state index in [1.807, 2.05) is 0 Å². The van der Waals surface area contributed by atoms with Crippen molar-refractivity contribution in [2.24, 2.45) is 0 Å². The van der Waals surface area contributed by atoms with Gasteiger partial charge in [-0.05, 0) is 43.5 Å². The third-order valence-corrected chi connectivity index (χ3v) is 3.65. The summed E-state index contributed by atoms with van der Waals surface area (Å²) in [7, 11) is 0. The molecule has 0 saturated carbocycles. The molecule has 1 aromatic carbocycles. The van der Waals surface area contributed by atoms with Gasteiger partial charge in [0.15, 0.2) is 0 Å². The fourth-order valence-corrected chi connectivity index (χ4v) is 2.46. The van der Waals surface area contributed by atoms with Crippen LogP contribution in [0.15, 0.2) is 18.2 Å². The monoisotopic (exact) mass is 287 g/mol. The average Bonchev–Trinajstić information content (AvgIpc) is 2.40. The van der Waals surface area contributed by atoms with Crippen molar-refractivity contribution in [3.05, 3.63) is 34.9 Å². The molecule has 112 valence electrons. The lowest BCUT2D eigenvalue weighted by Gasteiger charge is -2.26. The van der Waals surface area contributed by atoms with Gasteiger partial charge in [0.05, 0.1) is 18.8 Å². The molecule has 1 saturated heterocycles. The zero-order valence-electron chi connectivity index (χ0n) is 11.7. The second kappa shape index (κ2) is 6.59. The van der Waals surface area contributed by atoms with Gasteiger partial charge < -0.3 is 4.74 Å². The highest BCUT2D eigenvalue weighted by molar-refractivity contribution is 5.33. The van der Waals surface area contributed by atoms with Gasteiger partial charge in [0.2, 0.25) is 0 Å².